The molecule has 18 heavy (non-hydrogen) atoms. The Morgan fingerprint density at radius 3 is 2.39 bits per heavy atom. The molecule has 5 nitrogen and oxygen atoms in total. The van der Waals surface area contributed by atoms with Gasteiger partial charge < -0.3 is 20.1 Å². The van der Waals surface area contributed by atoms with Gasteiger partial charge in [-0.25, -0.2) is 0 Å². The lowest BCUT2D eigenvalue weighted by Crippen LogP contribution is -2.40. The second kappa shape index (κ2) is 8.39. The molecule has 0 unspecified atom stereocenters. The minimum atomic E-state index is -0.467. The molecule has 0 radical (unpaired) electrons. The summed E-state index contributed by atoms with van der Waals surface area (Å²) in [6.45, 7) is 5.32. The Balaban J connectivity index is 4.43. The fourth-order valence-corrected chi connectivity index (χ4v) is 1.45. The maximum absolute atomic E-state index is 12.1. The second-order valence-electron chi connectivity index (χ2n) is 4.73. The fraction of sp³-hybridized carbons (Fsp3) is 0.833. The third-order valence-electron chi connectivity index (χ3n) is 2.68. The monoisotopic (exact) mass is 276 g/mol. The first-order valence-corrected chi connectivity index (χ1v) is 6.33. The summed E-state index contributed by atoms with van der Waals surface area (Å²) in [7, 11) is 3.21. The van der Waals surface area contributed by atoms with Crippen molar-refractivity contribution in [1.29, 1.82) is 0 Å². The van der Waals surface area contributed by atoms with E-state index in [1.165, 1.54) is 0 Å². The van der Waals surface area contributed by atoms with Crippen molar-refractivity contribution in [1.82, 2.24) is 4.90 Å². The van der Waals surface area contributed by atoms with Crippen LogP contribution >= 0.6 is 12.2 Å². The molecule has 0 saturated heterocycles. The Labute approximate surface area is 115 Å². The van der Waals surface area contributed by atoms with Crippen LogP contribution in [0.25, 0.3) is 0 Å². The molecule has 1 amide bonds. The van der Waals surface area contributed by atoms with Crippen molar-refractivity contribution in [2.45, 2.75) is 32.3 Å². The molecule has 0 aromatic heterocycles. The molecule has 0 aromatic rings. The second-order valence-corrected chi connectivity index (χ2v) is 5.25. The largest absolute Gasteiger partial charge is 0.393 e. The van der Waals surface area contributed by atoms with Crippen LogP contribution in [0.5, 0.6) is 0 Å². The van der Waals surface area contributed by atoms with Crippen molar-refractivity contribution in [3.05, 3.63) is 0 Å². The van der Waals surface area contributed by atoms with Gasteiger partial charge in [-0.15, -0.1) is 0 Å². The number of rotatable bonds is 9. The molecule has 6 heteroatoms. The summed E-state index contributed by atoms with van der Waals surface area (Å²) in [4.78, 5) is 14.3. The van der Waals surface area contributed by atoms with Gasteiger partial charge in [-0.2, -0.15) is 0 Å². The number of nitrogens with zero attached hydrogens (tertiary/aromatic N) is 1. The molecule has 0 fully saturated rings. The first-order valence-electron chi connectivity index (χ1n) is 5.92. The van der Waals surface area contributed by atoms with E-state index in [4.69, 9.17) is 27.4 Å². The number of nitrogens with two attached hydrogens (primary N) is 1. The van der Waals surface area contributed by atoms with Gasteiger partial charge in [0, 0.05) is 33.7 Å². The molecule has 0 rings (SSSR count). The number of ether oxygens (including phenoxy) is 2. The molecule has 0 spiro atoms. The Morgan fingerprint density at radius 2 is 1.94 bits per heavy atom. The summed E-state index contributed by atoms with van der Waals surface area (Å²) in [6, 6.07) is 0. The smallest absolute Gasteiger partial charge is 0.225 e. The van der Waals surface area contributed by atoms with Crippen LogP contribution in [0.2, 0.25) is 0 Å². The van der Waals surface area contributed by atoms with E-state index in [2.05, 4.69) is 0 Å². The highest BCUT2D eigenvalue weighted by molar-refractivity contribution is 7.80. The molecule has 106 valence electrons. The highest BCUT2D eigenvalue weighted by Gasteiger charge is 2.24. The summed E-state index contributed by atoms with van der Waals surface area (Å²) in [6.07, 6.45) is 0.850. The minimum absolute atomic E-state index is 0.0233. The summed E-state index contributed by atoms with van der Waals surface area (Å²) in [5.74, 6) is 0.0233. The van der Waals surface area contributed by atoms with Crippen LogP contribution in [-0.4, -0.2) is 55.3 Å². The zero-order valence-corrected chi connectivity index (χ0v) is 12.5. The predicted octanol–water partition coefficient (Wildman–Crippen LogP) is 0.953. The number of methoxy groups -OCH3 is 2. The fourth-order valence-electron chi connectivity index (χ4n) is 1.36. The van der Waals surface area contributed by atoms with Gasteiger partial charge in [0.05, 0.1) is 23.6 Å². The molecular weight excluding hydrogens is 252 g/mol. The number of carbonyl (C=O) groups excluding carboxylic acids is 1. The zero-order chi connectivity index (χ0) is 14.2. The number of hydrogen-bond donors (Lipinski definition) is 1. The first-order chi connectivity index (χ1) is 8.32. The summed E-state index contributed by atoms with van der Waals surface area (Å²) in [5, 5.41) is 0. The molecular formula is C12H24N2O3S. The van der Waals surface area contributed by atoms with E-state index in [0.29, 0.717) is 37.5 Å². The Hall–Kier alpha value is -0.720. The molecule has 0 aliphatic heterocycles. The lowest BCUT2D eigenvalue weighted by molar-refractivity contribution is -0.137. The quantitative estimate of drug-likeness (QED) is 0.635. The number of amides is 1. The molecule has 0 aromatic carbocycles. The first kappa shape index (κ1) is 17.3. The molecule has 0 aliphatic rings. The molecule has 0 heterocycles. The van der Waals surface area contributed by atoms with Gasteiger partial charge in [0.2, 0.25) is 5.91 Å². The molecule has 0 saturated carbocycles. The third kappa shape index (κ3) is 7.58. The third-order valence-corrected chi connectivity index (χ3v) is 2.88. The van der Waals surface area contributed by atoms with Crippen LogP contribution in [-0.2, 0) is 14.3 Å². The van der Waals surface area contributed by atoms with E-state index >= 15 is 0 Å². The van der Waals surface area contributed by atoms with Gasteiger partial charge in [-0.05, 0) is 13.8 Å². The van der Waals surface area contributed by atoms with Gasteiger partial charge in [0.1, 0.15) is 0 Å². The minimum Gasteiger partial charge on any atom is -0.393 e. The summed E-state index contributed by atoms with van der Waals surface area (Å²) < 4.78 is 10.3. The predicted molar refractivity (Wildman–Crippen MR) is 75.6 cm³/mol. The van der Waals surface area contributed by atoms with Crippen molar-refractivity contribution >= 4 is 23.1 Å². The Morgan fingerprint density at radius 1 is 1.33 bits per heavy atom. The maximum Gasteiger partial charge on any atom is 0.225 e. The van der Waals surface area contributed by atoms with Crippen molar-refractivity contribution < 1.29 is 14.3 Å². The van der Waals surface area contributed by atoms with Crippen LogP contribution < -0.4 is 5.73 Å². The van der Waals surface area contributed by atoms with Crippen molar-refractivity contribution in [2.24, 2.45) is 5.73 Å². The highest BCUT2D eigenvalue weighted by Crippen LogP contribution is 2.14. The van der Waals surface area contributed by atoms with Crippen molar-refractivity contribution in [3.63, 3.8) is 0 Å². The lowest BCUT2D eigenvalue weighted by atomic mass is 10.0. The Kier molecular flexibility index (Phi) is 8.06. The highest BCUT2D eigenvalue weighted by atomic mass is 32.1. The molecule has 0 aliphatic carbocycles. The van der Waals surface area contributed by atoms with E-state index in [-0.39, 0.29) is 5.91 Å². The Bertz CT molecular complexity index is 282. The molecule has 0 atom stereocenters. The van der Waals surface area contributed by atoms with Gasteiger partial charge in [-0.1, -0.05) is 12.2 Å². The number of hydrogen-bond acceptors (Lipinski definition) is 4. The zero-order valence-electron chi connectivity index (χ0n) is 11.7. The summed E-state index contributed by atoms with van der Waals surface area (Å²) >= 11 is 4.83. The van der Waals surface area contributed by atoms with E-state index in [1.807, 2.05) is 13.8 Å². The van der Waals surface area contributed by atoms with E-state index in [1.54, 1.807) is 19.1 Å². The average Bonchev–Trinajstić information content (AvgIpc) is 2.28. The number of thiocarbonyl (C=S) groups is 1. The standard InChI is InChI=1S/C12H24N2O3S/c1-12(2,17-4)9-11(15)14(7-8-16-3)6-5-10(13)18/h5-9H2,1-4H3,(H2,13,18). The normalized spacial score (nSPS) is 11.3. The van der Waals surface area contributed by atoms with Gasteiger partial charge in [0.15, 0.2) is 0 Å². The van der Waals surface area contributed by atoms with E-state index in [0.717, 1.165) is 0 Å². The van der Waals surface area contributed by atoms with E-state index < -0.39 is 5.60 Å². The number of carbonyl (C=O) groups is 1. The van der Waals surface area contributed by atoms with Crippen molar-refractivity contribution in [3.8, 4) is 0 Å². The van der Waals surface area contributed by atoms with Crippen LogP contribution in [0.4, 0.5) is 0 Å². The topological polar surface area (TPSA) is 64.8 Å². The van der Waals surface area contributed by atoms with Gasteiger partial charge in [-0.3, -0.25) is 4.79 Å². The van der Waals surface area contributed by atoms with Gasteiger partial charge in [0.25, 0.3) is 0 Å². The van der Waals surface area contributed by atoms with Crippen LogP contribution in [0.15, 0.2) is 0 Å². The maximum atomic E-state index is 12.1. The van der Waals surface area contributed by atoms with E-state index in [9.17, 15) is 4.79 Å². The lowest BCUT2D eigenvalue weighted by Gasteiger charge is -2.28. The SMILES string of the molecule is COCCN(CCC(N)=S)C(=O)CC(C)(C)OC. The average molecular weight is 276 g/mol. The van der Waals surface area contributed by atoms with Crippen LogP contribution in [0.1, 0.15) is 26.7 Å². The molecule has 0 bridgehead atoms. The molecule has 2 N–H and O–H groups in total. The summed E-state index contributed by atoms with van der Waals surface area (Å²) in [5.41, 5.74) is 4.99. The van der Waals surface area contributed by atoms with Crippen LogP contribution in [0.3, 0.4) is 0 Å². The van der Waals surface area contributed by atoms with Gasteiger partial charge >= 0.3 is 0 Å². The van der Waals surface area contributed by atoms with Crippen molar-refractivity contribution in [2.75, 3.05) is 33.9 Å². The van der Waals surface area contributed by atoms with Crippen LogP contribution in [0, 0.1) is 0 Å².